The molecule has 2 aromatic rings. The molecule has 0 atom stereocenters. The molecule has 1 saturated heterocycles. The standard InChI is InChI=1S/C15H15N2O2/c18-15(14-7-4-12-19-14)17-10-8-16(9-11-17)13-5-2-1-3-6-13/h2-7,12H,8-11H2. The summed E-state index contributed by atoms with van der Waals surface area (Å²) < 4.78 is 5.15. The third-order valence-corrected chi connectivity index (χ3v) is 3.36. The Hall–Kier alpha value is -2.23. The Bertz CT molecular complexity index is 529. The first-order valence-electron chi connectivity index (χ1n) is 6.38. The number of hydrogen-bond acceptors (Lipinski definition) is 3. The molecule has 19 heavy (non-hydrogen) atoms. The summed E-state index contributed by atoms with van der Waals surface area (Å²) >= 11 is 0. The molecule has 4 heteroatoms. The minimum Gasteiger partial charge on any atom is -0.459 e. The fourth-order valence-corrected chi connectivity index (χ4v) is 2.31. The minimum atomic E-state index is -0.0222. The molecule has 0 aliphatic carbocycles. The van der Waals surface area contributed by atoms with Gasteiger partial charge in [0.2, 0.25) is 0 Å². The SMILES string of the molecule is O=C(c1ccco1)N1CCN(c2cc[c]cc2)CC1. The molecule has 0 saturated carbocycles. The molecule has 0 unspecified atom stereocenters. The predicted octanol–water partition coefficient (Wildman–Crippen LogP) is 2.04. The number of amides is 1. The van der Waals surface area contributed by atoms with Crippen LogP contribution >= 0.6 is 0 Å². The number of anilines is 1. The van der Waals surface area contributed by atoms with Crippen LogP contribution in [0.3, 0.4) is 0 Å². The van der Waals surface area contributed by atoms with Gasteiger partial charge in [-0.25, -0.2) is 0 Å². The van der Waals surface area contributed by atoms with Gasteiger partial charge in [0.15, 0.2) is 5.76 Å². The molecule has 0 spiro atoms. The van der Waals surface area contributed by atoms with E-state index < -0.39 is 0 Å². The van der Waals surface area contributed by atoms with Crippen molar-refractivity contribution >= 4 is 11.6 Å². The van der Waals surface area contributed by atoms with Crippen molar-refractivity contribution < 1.29 is 9.21 Å². The second-order valence-electron chi connectivity index (χ2n) is 4.51. The van der Waals surface area contributed by atoms with E-state index in [0.717, 1.165) is 26.2 Å². The fourth-order valence-electron chi connectivity index (χ4n) is 2.31. The van der Waals surface area contributed by atoms with Crippen LogP contribution in [0.5, 0.6) is 0 Å². The summed E-state index contributed by atoms with van der Waals surface area (Å²) in [6, 6.07) is 14.4. The molecule has 1 radical (unpaired) electrons. The molecule has 3 rings (SSSR count). The molecule has 0 N–H and O–H groups in total. The Balaban J connectivity index is 1.62. The number of carbonyl (C=O) groups is 1. The van der Waals surface area contributed by atoms with Gasteiger partial charge in [-0.2, -0.15) is 0 Å². The molecular formula is C15H15N2O2. The first-order valence-corrected chi connectivity index (χ1v) is 6.38. The molecule has 1 aromatic heterocycles. The van der Waals surface area contributed by atoms with Crippen LogP contribution in [0.1, 0.15) is 10.6 Å². The van der Waals surface area contributed by atoms with Crippen molar-refractivity contribution in [1.82, 2.24) is 4.90 Å². The van der Waals surface area contributed by atoms with E-state index >= 15 is 0 Å². The highest BCUT2D eigenvalue weighted by Crippen LogP contribution is 2.16. The van der Waals surface area contributed by atoms with Gasteiger partial charge in [-0.1, -0.05) is 12.1 Å². The largest absolute Gasteiger partial charge is 0.459 e. The predicted molar refractivity (Wildman–Crippen MR) is 72.1 cm³/mol. The molecule has 1 aromatic carbocycles. The molecule has 0 bridgehead atoms. The lowest BCUT2D eigenvalue weighted by Crippen LogP contribution is -2.48. The Labute approximate surface area is 112 Å². The first-order chi connectivity index (χ1) is 9.34. The number of carbonyl (C=O) groups excluding carboxylic acids is 1. The topological polar surface area (TPSA) is 36.7 Å². The van der Waals surface area contributed by atoms with Crippen molar-refractivity contribution in [3.8, 4) is 0 Å². The average Bonchev–Trinajstić information content (AvgIpc) is 3.02. The average molecular weight is 255 g/mol. The van der Waals surface area contributed by atoms with Crippen LogP contribution < -0.4 is 4.90 Å². The maximum Gasteiger partial charge on any atom is 0.289 e. The van der Waals surface area contributed by atoms with Crippen LogP contribution in [0, 0.1) is 6.07 Å². The van der Waals surface area contributed by atoms with E-state index in [1.54, 1.807) is 12.1 Å². The zero-order chi connectivity index (χ0) is 13.1. The number of nitrogens with zero attached hydrogens (tertiary/aromatic N) is 2. The van der Waals surface area contributed by atoms with E-state index in [2.05, 4.69) is 11.0 Å². The van der Waals surface area contributed by atoms with Crippen molar-refractivity contribution in [3.05, 3.63) is 54.5 Å². The summed E-state index contributed by atoms with van der Waals surface area (Å²) in [7, 11) is 0. The van der Waals surface area contributed by atoms with Crippen LogP contribution in [0.15, 0.2) is 47.1 Å². The lowest BCUT2D eigenvalue weighted by molar-refractivity contribution is 0.0714. The number of furan rings is 1. The Kier molecular flexibility index (Phi) is 3.23. The van der Waals surface area contributed by atoms with E-state index in [9.17, 15) is 4.79 Å². The van der Waals surface area contributed by atoms with Crippen molar-refractivity contribution in [2.45, 2.75) is 0 Å². The number of piperazine rings is 1. The second kappa shape index (κ2) is 5.18. The van der Waals surface area contributed by atoms with Crippen molar-refractivity contribution in [3.63, 3.8) is 0 Å². The van der Waals surface area contributed by atoms with Crippen LogP contribution in [-0.2, 0) is 0 Å². The van der Waals surface area contributed by atoms with E-state index in [-0.39, 0.29) is 5.91 Å². The molecule has 4 nitrogen and oxygen atoms in total. The number of benzene rings is 1. The van der Waals surface area contributed by atoms with E-state index in [4.69, 9.17) is 4.42 Å². The van der Waals surface area contributed by atoms with Crippen LogP contribution in [0.25, 0.3) is 0 Å². The maximum absolute atomic E-state index is 12.1. The lowest BCUT2D eigenvalue weighted by Gasteiger charge is -2.35. The van der Waals surface area contributed by atoms with Gasteiger partial charge in [0.05, 0.1) is 6.26 Å². The summed E-state index contributed by atoms with van der Waals surface area (Å²) in [5.41, 5.74) is 1.18. The van der Waals surface area contributed by atoms with E-state index in [1.807, 2.05) is 29.2 Å². The summed E-state index contributed by atoms with van der Waals surface area (Å²) in [5.74, 6) is 0.397. The molecule has 2 heterocycles. The second-order valence-corrected chi connectivity index (χ2v) is 4.51. The van der Waals surface area contributed by atoms with Gasteiger partial charge < -0.3 is 14.2 Å². The fraction of sp³-hybridized carbons (Fsp3) is 0.267. The van der Waals surface area contributed by atoms with Crippen molar-refractivity contribution in [2.24, 2.45) is 0 Å². The molecule has 1 fully saturated rings. The monoisotopic (exact) mass is 255 g/mol. The molecule has 1 amide bonds. The van der Waals surface area contributed by atoms with Gasteiger partial charge in [-0.3, -0.25) is 4.79 Å². The first kappa shape index (κ1) is 11.8. The van der Waals surface area contributed by atoms with Crippen molar-refractivity contribution in [1.29, 1.82) is 0 Å². The van der Waals surface area contributed by atoms with Crippen LogP contribution in [-0.4, -0.2) is 37.0 Å². The number of hydrogen-bond donors (Lipinski definition) is 0. The van der Waals surface area contributed by atoms with E-state index in [0.29, 0.717) is 5.76 Å². The van der Waals surface area contributed by atoms with Gasteiger partial charge >= 0.3 is 0 Å². The highest BCUT2D eigenvalue weighted by molar-refractivity contribution is 5.91. The zero-order valence-electron chi connectivity index (χ0n) is 10.6. The smallest absolute Gasteiger partial charge is 0.289 e. The maximum atomic E-state index is 12.1. The Morgan fingerprint density at radius 2 is 1.84 bits per heavy atom. The van der Waals surface area contributed by atoms with Gasteiger partial charge in [0.25, 0.3) is 5.91 Å². The number of rotatable bonds is 2. The van der Waals surface area contributed by atoms with Gasteiger partial charge in [-0.15, -0.1) is 0 Å². The molecular weight excluding hydrogens is 240 g/mol. The van der Waals surface area contributed by atoms with E-state index in [1.165, 1.54) is 12.0 Å². The minimum absolute atomic E-state index is 0.0222. The van der Waals surface area contributed by atoms with Crippen LogP contribution in [0.2, 0.25) is 0 Å². The third-order valence-electron chi connectivity index (χ3n) is 3.36. The van der Waals surface area contributed by atoms with Crippen LogP contribution in [0.4, 0.5) is 5.69 Å². The quantitative estimate of drug-likeness (QED) is 0.824. The normalized spacial score (nSPS) is 15.6. The highest BCUT2D eigenvalue weighted by atomic mass is 16.3. The van der Waals surface area contributed by atoms with Gasteiger partial charge in [0, 0.05) is 31.9 Å². The lowest BCUT2D eigenvalue weighted by atomic mass is 10.2. The Morgan fingerprint density at radius 1 is 1.11 bits per heavy atom. The molecule has 1 aliphatic heterocycles. The van der Waals surface area contributed by atoms with Gasteiger partial charge in [0.1, 0.15) is 0 Å². The summed E-state index contributed by atoms with van der Waals surface area (Å²) in [4.78, 5) is 16.2. The summed E-state index contributed by atoms with van der Waals surface area (Å²) in [5, 5.41) is 0. The molecule has 1 aliphatic rings. The molecule has 97 valence electrons. The zero-order valence-corrected chi connectivity index (χ0v) is 10.6. The highest BCUT2D eigenvalue weighted by Gasteiger charge is 2.23. The Morgan fingerprint density at radius 3 is 2.47 bits per heavy atom. The summed E-state index contributed by atoms with van der Waals surface area (Å²) in [6.45, 7) is 3.13. The van der Waals surface area contributed by atoms with Crippen molar-refractivity contribution in [2.75, 3.05) is 31.1 Å². The summed E-state index contributed by atoms with van der Waals surface area (Å²) in [6.07, 6.45) is 1.53. The van der Waals surface area contributed by atoms with Gasteiger partial charge in [-0.05, 0) is 30.3 Å². The third kappa shape index (κ3) is 2.47.